The van der Waals surface area contributed by atoms with Gasteiger partial charge in [-0.05, 0) is 64.8 Å². The van der Waals surface area contributed by atoms with Crippen LogP contribution in [0.25, 0.3) is 0 Å². The van der Waals surface area contributed by atoms with E-state index in [2.05, 4.69) is 37.0 Å². The SMILES string of the molecule is CCn1cc(Br)c(CN(C)C(=O)c2cccc(COc3ccc(Br)cc3)c2)n1. The van der Waals surface area contributed by atoms with E-state index in [0.29, 0.717) is 18.7 Å². The second kappa shape index (κ2) is 9.39. The molecular weight excluding hydrogens is 486 g/mol. The highest BCUT2D eigenvalue weighted by molar-refractivity contribution is 9.10. The van der Waals surface area contributed by atoms with Crippen molar-refractivity contribution in [3.63, 3.8) is 0 Å². The molecule has 0 aliphatic carbocycles. The van der Waals surface area contributed by atoms with E-state index in [9.17, 15) is 4.79 Å². The fraction of sp³-hybridized carbons (Fsp3) is 0.238. The quantitative estimate of drug-likeness (QED) is 0.438. The van der Waals surface area contributed by atoms with Crippen LogP contribution >= 0.6 is 31.9 Å². The van der Waals surface area contributed by atoms with E-state index in [-0.39, 0.29) is 5.91 Å². The Kier molecular flexibility index (Phi) is 6.91. The highest BCUT2D eigenvalue weighted by Gasteiger charge is 2.16. The van der Waals surface area contributed by atoms with Crippen molar-refractivity contribution in [2.75, 3.05) is 7.05 Å². The first-order chi connectivity index (χ1) is 13.5. The van der Waals surface area contributed by atoms with Gasteiger partial charge in [0.15, 0.2) is 0 Å². The standard InChI is InChI=1S/C21H21Br2N3O2/c1-3-26-12-19(23)20(24-26)13-25(2)21(27)16-6-4-5-15(11-16)14-28-18-9-7-17(22)8-10-18/h4-12H,3,13-14H2,1-2H3. The van der Waals surface area contributed by atoms with Crippen LogP contribution in [0.3, 0.4) is 0 Å². The zero-order chi connectivity index (χ0) is 20.1. The van der Waals surface area contributed by atoms with Crippen LogP contribution in [0.4, 0.5) is 0 Å². The van der Waals surface area contributed by atoms with Crippen LogP contribution in [0.2, 0.25) is 0 Å². The number of nitrogens with zero attached hydrogens (tertiary/aromatic N) is 3. The number of aryl methyl sites for hydroxylation is 1. The molecule has 0 atom stereocenters. The molecule has 1 heterocycles. The maximum Gasteiger partial charge on any atom is 0.253 e. The summed E-state index contributed by atoms with van der Waals surface area (Å²) >= 11 is 6.92. The normalized spacial score (nSPS) is 10.7. The number of rotatable bonds is 7. The van der Waals surface area contributed by atoms with Crippen molar-refractivity contribution in [2.45, 2.75) is 26.6 Å². The van der Waals surface area contributed by atoms with E-state index in [1.807, 2.05) is 66.3 Å². The maximum atomic E-state index is 12.8. The van der Waals surface area contributed by atoms with Crippen molar-refractivity contribution in [2.24, 2.45) is 0 Å². The monoisotopic (exact) mass is 505 g/mol. The van der Waals surface area contributed by atoms with E-state index in [0.717, 1.165) is 32.5 Å². The minimum Gasteiger partial charge on any atom is -0.489 e. The number of halogens is 2. The van der Waals surface area contributed by atoms with Gasteiger partial charge in [-0.25, -0.2) is 0 Å². The predicted octanol–water partition coefficient (Wildman–Crippen LogP) is 5.28. The van der Waals surface area contributed by atoms with Gasteiger partial charge in [0.25, 0.3) is 5.91 Å². The molecule has 3 aromatic rings. The summed E-state index contributed by atoms with van der Waals surface area (Å²) in [4.78, 5) is 14.5. The molecule has 146 valence electrons. The predicted molar refractivity (Wildman–Crippen MR) is 116 cm³/mol. The summed E-state index contributed by atoms with van der Waals surface area (Å²) in [5.41, 5.74) is 2.41. The maximum absolute atomic E-state index is 12.8. The first-order valence-corrected chi connectivity index (χ1v) is 10.5. The number of carbonyl (C=O) groups excluding carboxylic acids is 1. The number of carbonyl (C=O) groups is 1. The molecule has 0 unspecified atom stereocenters. The molecular formula is C21H21Br2N3O2. The Morgan fingerprint density at radius 1 is 1.18 bits per heavy atom. The molecule has 1 aromatic heterocycles. The number of ether oxygens (including phenoxy) is 1. The molecule has 2 aromatic carbocycles. The van der Waals surface area contributed by atoms with E-state index in [4.69, 9.17) is 4.74 Å². The Hall–Kier alpha value is -2.12. The van der Waals surface area contributed by atoms with E-state index in [1.165, 1.54) is 0 Å². The van der Waals surface area contributed by atoms with Gasteiger partial charge in [0, 0.05) is 29.8 Å². The fourth-order valence-corrected chi connectivity index (χ4v) is 3.42. The van der Waals surface area contributed by atoms with Crippen molar-refractivity contribution in [1.82, 2.24) is 14.7 Å². The van der Waals surface area contributed by atoms with Gasteiger partial charge in [0.1, 0.15) is 12.4 Å². The summed E-state index contributed by atoms with van der Waals surface area (Å²) in [6.45, 7) is 3.65. The van der Waals surface area contributed by atoms with Gasteiger partial charge in [0.2, 0.25) is 0 Å². The highest BCUT2D eigenvalue weighted by Crippen LogP contribution is 2.19. The van der Waals surface area contributed by atoms with E-state index < -0.39 is 0 Å². The minimum atomic E-state index is -0.0524. The summed E-state index contributed by atoms with van der Waals surface area (Å²) in [6.07, 6.45) is 1.92. The number of aromatic nitrogens is 2. The van der Waals surface area contributed by atoms with Crippen molar-refractivity contribution in [3.8, 4) is 5.75 Å². The van der Waals surface area contributed by atoms with Gasteiger partial charge in [-0.2, -0.15) is 5.10 Å². The molecule has 0 bridgehead atoms. The zero-order valence-electron chi connectivity index (χ0n) is 15.7. The Morgan fingerprint density at radius 2 is 1.93 bits per heavy atom. The number of amides is 1. The number of hydrogen-bond acceptors (Lipinski definition) is 3. The molecule has 1 amide bonds. The van der Waals surface area contributed by atoms with Gasteiger partial charge in [0.05, 0.1) is 16.7 Å². The van der Waals surface area contributed by atoms with Crippen LogP contribution in [0, 0.1) is 0 Å². The zero-order valence-corrected chi connectivity index (χ0v) is 18.9. The third-order valence-corrected chi connectivity index (χ3v) is 5.43. The molecule has 7 heteroatoms. The molecule has 0 saturated heterocycles. The molecule has 5 nitrogen and oxygen atoms in total. The summed E-state index contributed by atoms with van der Waals surface area (Å²) in [5, 5.41) is 4.48. The van der Waals surface area contributed by atoms with Crippen molar-refractivity contribution < 1.29 is 9.53 Å². The Morgan fingerprint density at radius 3 is 2.61 bits per heavy atom. The van der Waals surface area contributed by atoms with Gasteiger partial charge >= 0.3 is 0 Å². The number of hydrogen-bond donors (Lipinski definition) is 0. The average Bonchev–Trinajstić information content (AvgIpc) is 3.06. The van der Waals surface area contributed by atoms with Crippen LogP contribution in [0.15, 0.2) is 63.7 Å². The summed E-state index contributed by atoms with van der Waals surface area (Å²) in [6, 6.07) is 15.2. The Bertz CT molecular complexity index is 955. The minimum absolute atomic E-state index is 0.0524. The lowest BCUT2D eigenvalue weighted by molar-refractivity contribution is 0.0782. The third-order valence-electron chi connectivity index (χ3n) is 4.24. The number of benzene rings is 2. The largest absolute Gasteiger partial charge is 0.489 e. The lowest BCUT2D eigenvalue weighted by Crippen LogP contribution is -2.26. The molecule has 0 aliphatic rings. The molecule has 0 aliphatic heterocycles. The Labute approximate surface area is 181 Å². The molecule has 0 N–H and O–H groups in total. The van der Waals surface area contributed by atoms with Gasteiger partial charge < -0.3 is 9.64 Å². The summed E-state index contributed by atoms with van der Waals surface area (Å²) in [7, 11) is 1.78. The van der Waals surface area contributed by atoms with Crippen molar-refractivity contribution in [3.05, 3.63) is 80.5 Å². The second-order valence-electron chi connectivity index (χ2n) is 6.38. The Balaban J connectivity index is 1.65. The second-order valence-corrected chi connectivity index (χ2v) is 8.15. The molecule has 3 rings (SSSR count). The highest BCUT2D eigenvalue weighted by atomic mass is 79.9. The molecule has 28 heavy (non-hydrogen) atoms. The molecule has 0 spiro atoms. The van der Waals surface area contributed by atoms with Crippen molar-refractivity contribution in [1.29, 1.82) is 0 Å². The lowest BCUT2D eigenvalue weighted by Gasteiger charge is -2.17. The van der Waals surface area contributed by atoms with E-state index in [1.54, 1.807) is 11.9 Å². The first-order valence-electron chi connectivity index (χ1n) is 8.91. The van der Waals surface area contributed by atoms with Crippen LogP contribution in [-0.4, -0.2) is 27.6 Å². The molecule has 0 saturated carbocycles. The summed E-state index contributed by atoms with van der Waals surface area (Å²) < 4.78 is 9.56. The smallest absolute Gasteiger partial charge is 0.253 e. The van der Waals surface area contributed by atoms with Crippen LogP contribution < -0.4 is 4.74 Å². The lowest BCUT2D eigenvalue weighted by atomic mass is 10.1. The van der Waals surface area contributed by atoms with Gasteiger partial charge in [-0.15, -0.1) is 0 Å². The van der Waals surface area contributed by atoms with E-state index >= 15 is 0 Å². The van der Waals surface area contributed by atoms with Crippen LogP contribution in [-0.2, 0) is 19.7 Å². The van der Waals surface area contributed by atoms with Gasteiger partial charge in [-0.3, -0.25) is 9.48 Å². The molecule has 0 fully saturated rings. The third kappa shape index (κ3) is 5.23. The van der Waals surface area contributed by atoms with Crippen LogP contribution in [0.1, 0.15) is 28.5 Å². The van der Waals surface area contributed by atoms with Crippen molar-refractivity contribution >= 4 is 37.8 Å². The van der Waals surface area contributed by atoms with Gasteiger partial charge in [-0.1, -0.05) is 28.1 Å². The van der Waals surface area contributed by atoms with Crippen LogP contribution in [0.5, 0.6) is 5.75 Å². The molecule has 0 radical (unpaired) electrons. The fourth-order valence-electron chi connectivity index (χ4n) is 2.71. The first kappa shape index (κ1) is 20.6. The topological polar surface area (TPSA) is 47.4 Å². The summed E-state index contributed by atoms with van der Waals surface area (Å²) in [5.74, 6) is 0.733. The average molecular weight is 507 g/mol.